The van der Waals surface area contributed by atoms with Gasteiger partial charge in [0.15, 0.2) is 0 Å². The second-order valence-electron chi connectivity index (χ2n) is 12.1. The number of aromatic nitrogens is 2. The minimum Gasteiger partial charge on any atom is -0.495 e. The van der Waals surface area contributed by atoms with Crippen LogP contribution < -0.4 is 15.0 Å². The van der Waals surface area contributed by atoms with Crippen LogP contribution in [0.4, 0.5) is 33.3 Å². The molecule has 1 aliphatic heterocycles. The highest BCUT2D eigenvalue weighted by Gasteiger charge is 2.63. The first-order chi connectivity index (χ1) is 24.6. The predicted molar refractivity (Wildman–Crippen MR) is 187 cm³/mol. The molecule has 1 fully saturated rings. The molecule has 1 amide bonds. The smallest absolute Gasteiger partial charge is 0.395 e. The number of nitriles is 1. The van der Waals surface area contributed by atoms with Gasteiger partial charge in [0.1, 0.15) is 23.8 Å². The number of hydrogen-bond donors (Lipinski definition) is 1. The number of halogens is 5. The van der Waals surface area contributed by atoms with E-state index in [9.17, 15) is 35.8 Å². The summed E-state index contributed by atoms with van der Waals surface area (Å²) in [5.41, 5.74) is 0.746. The van der Waals surface area contributed by atoms with Crippen molar-refractivity contribution in [3.05, 3.63) is 107 Å². The third-order valence-electron chi connectivity index (χ3n) is 8.51. The van der Waals surface area contributed by atoms with E-state index in [2.05, 4.69) is 10.4 Å². The van der Waals surface area contributed by atoms with Gasteiger partial charge in [-0.1, -0.05) is 42.5 Å². The van der Waals surface area contributed by atoms with Gasteiger partial charge in [-0.3, -0.25) is 14.3 Å². The first-order valence-electron chi connectivity index (χ1n) is 15.9. The third kappa shape index (κ3) is 8.83. The summed E-state index contributed by atoms with van der Waals surface area (Å²) in [7, 11) is 4.73. The van der Waals surface area contributed by atoms with E-state index in [0.29, 0.717) is 53.3 Å². The number of hydrogen-bond acceptors (Lipinski definition) is 7. The van der Waals surface area contributed by atoms with Crippen molar-refractivity contribution in [2.45, 2.75) is 31.5 Å². The molecule has 4 aromatic rings. The molecule has 0 spiro atoms. The molecule has 1 saturated carbocycles. The summed E-state index contributed by atoms with van der Waals surface area (Å²) in [6.07, 6.45) is -1.65. The molecule has 2 aliphatic rings. The monoisotopic (exact) mass is 744 g/mol. The molecule has 276 valence electrons. The van der Waals surface area contributed by atoms with Gasteiger partial charge in [-0.05, 0) is 57.3 Å². The van der Waals surface area contributed by atoms with E-state index in [-0.39, 0.29) is 35.6 Å². The Hall–Kier alpha value is -5.14. The number of alkyl halides is 5. The van der Waals surface area contributed by atoms with Crippen LogP contribution in [0.2, 0.25) is 0 Å². The summed E-state index contributed by atoms with van der Waals surface area (Å²) in [4.78, 5) is 24.7. The van der Waals surface area contributed by atoms with E-state index in [1.54, 1.807) is 65.3 Å². The summed E-state index contributed by atoms with van der Waals surface area (Å²) in [6, 6.07) is 20.2. The molecule has 1 atom stereocenters. The topological polar surface area (TPSA) is 121 Å². The lowest BCUT2D eigenvalue weighted by molar-refractivity contribution is -0.179. The average molecular weight is 745 g/mol. The maximum atomic E-state index is 14.7. The number of nitrogens with one attached hydrogen (secondary N) is 1. The van der Waals surface area contributed by atoms with Crippen LogP contribution in [0.1, 0.15) is 50.4 Å². The van der Waals surface area contributed by atoms with E-state index in [1.807, 2.05) is 6.07 Å². The lowest BCUT2D eigenvalue weighted by atomic mass is 10.00. The van der Waals surface area contributed by atoms with Crippen molar-refractivity contribution in [3.63, 3.8) is 0 Å². The van der Waals surface area contributed by atoms with Crippen molar-refractivity contribution in [3.8, 4) is 11.8 Å². The zero-order valence-corrected chi connectivity index (χ0v) is 29.6. The van der Waals surface area contributed by atoms with Gasteiger partial charge in [0, 0.05) is 36.0 Å². The van der Waals surface area contributed by atoms with E-state index >= 15 is 0 Å². The molecule has 16 heteroatoms. The Morgan fingerprint density at radius 3 is 2.17 bits per heavy atom. The molecule has 0 bridgehead atoms. The number of methoxy groups -OCH3 is 1. The van der Waals surface area contributed by atoms with Crippen molar-refractivity contribution in [1.82, 2.24) is 14.1 Å². The molecular formula is C36H37F5N6O4S. The Kier molecular flexibility index (Phi) is 12.6. The van der Waals surface area contributed by atoms with Crippen molar-refractivity contribution < 1.29 is 40.5 Å². The molecule has 6 rings (SSSR count). The zero-order valence-electron chi connectivity index (χ0n) is 28.8. The molecule has 1 unspecified atom stereocenters. The lowest BCUT2D eigenvalue weighted by Crippen LogP contribution is -2.40. The number of benzene rings is 3. The molecule has 0 radical (unpaired) electrons. The van der Waals surface area contributed by atoms with Crippen molar-refractivity contribution in [2.24, 2.45) is 5.41 Å². The highest BCUT2D eigenvalue weighted by atomic mass is 32.2. The van der Waals surface area contributed by atoms with Gasteiger partial charge < -0.3 is 15.0 Å². The van der Waals surface area contributed by atoms with E-state index in [4.69, 9.17) is 10.00 Å². The van der Waals surface area contributed by atoms with E-state index in [0.717, 1.165) is 0 Å². The van der Waals surface area contributed by atoms with Crippen molar-refractivity contribution in [2.75, 3.05) is 50.8 Å². The molecule has 10 nitrogen and oxygen atoms in total. The van der Waals surface area contributed by atoms with Crippen LogP contribution in [0.15, 0.2) is 79.0 Å². The van der Waals surface area contributed by atoms with Crippen LogP contribution in [0, 0.1) is 16.7 Å². The lowest BCUT2D eigenvalue weighted by Gasteiger charge is -2.28. The summed E-state index contributed by atoms with van der Waals surface area (Å²) < 4.78 is 85.5. The molecule has 1 aromatic heterocycles. The van der Waals surface area contributed by atoms with Crippen LogP contribution in [0.5, 0.6) is 5.75 Å². The summed E-state index contributed by atoms with van der Waals surface area (Å²) in [5.74, 6) is -3.10. The van der Waals surface area contributed by atoms with Gasteiger partial charge in [-0.25, -0.2) is 8.51 Å². The number of rotatable bonds is 9. The Balaban J connectivity index is 0.000000202. The molecule has 3 aromatic carbocycles. The SMILES string of the molecule is CN(C)S(=O)CC1(C(F)(F)F)CC1.CNc1cnn2c1C(=O)N(c1ccc(C(F)(F)c3ccccc3)cc1)CC2.COc1ccc(C=O)cc1C#N. The summed E-state index contributed by atoms with van der Waals surface area (Å²) >= 11 is 0. The number of anilines is 2. The minimum atomic E-state index is -4.20. The number of nitrogens with zero attached hydrogens (tertiary/aromatic N) is 5. The highest BCUT2D eigenvalue weighted by Crippen LogP contribution is 2.58. The van der Waals surface area contributed by atoms with Crippen LogP contribution in [0.3, 0.4) is 0 Å². The van der Waals surface area contributed by atoms with Crippen LogP contribution >= 0.6 is 0 Å². The van der Waals surface area contributed by atoms with Crippen molar-refractivity contribution >= 4 is 34.6 Å². The Labute approximate surface area is 300 Å². The Morgan fingerprint density at radius 2 is 1.65 bits per heavy atom. The van der Waals surface area contributed by atoms with Gasteiger partial charge in [0.05, 0.1) is 53.3 Å². The van der Waals surface area contributed by atoms with Crippen molar-refractivity contribution in [1.29, 1.82) is 5.26 Å². The fourth-order valence-electron chi connectivity index (χ4n) is 5.21. The first kappa shape index (κ1) is 39.6. The van der Waals surface area contributed by atoms with E-state index in [1.165, 1.54) is 55.8 Å². The standard InChI is InChI=1S/C20H18F2N4O.C9H7NO2.C7H12F3NOS/c1-23-17-13-24-26-12-11-25(19(27)18(17)26)16-9-7-15(8-10-16)20(21,22)14-5-3-2-4-6-14;1-12-9-3-2-7(6-11)4-8(9)5-10;1-11(2)13(12)5-6(3-4-6)7(8,9)10/h2-10,13,23H,11-12H2,1H3;2-4,6H,1H3;3-5H2,1-2H3. The summed E-state index contributed by atoms with van der Waals surface area (Å²) in [6.45, 7) is 0.982. The number of carbonyl (C=O) groups excluding carboxylic acids is 2. The molecule has 0 saturated heterocycles. The van der Waals surface area contributed by atoms with Crippen LogP contribution in [0.25, 0.3) is 0 Å². The second kappa shape index (κ2) is 16.5. The Bertz CT molecular complexity index is 1910. The van der Waals surface area contributed by atoms with Crippen LogP contribution in [-0.2, 0) is 23.5 Å². The molecule has 1 N–H and O–H groups in total. The number of fused-ring (bicyclic) bond motifs is 1. The highest BCUT2D eigenvalue weighted by molar-refractivity contribution is 7.82. The van der Waals surface area contributed by atoms with Gasteiger partial charge in [-0.15, -0.1) is 0 Å². The molecule has 52 heavy (non-hydrogen) atoms. The summed E-state index contributed by atoms with van der Waals surface area (Å²) in [5, 5.41) is 15.8. The maximum Gasteiger partial charge on any atom is 0.395 e. The maximum absolute atomic E-state index is 14.7. The number of carbonyl (C=O) groups is 2. The third-order valence-corrected chi connectivity index (χ3v) is 10.1. The van der Waals surface area contributed by atoms with Gasteiger partial charge in [0.2, 0.25) is 0 Å². The van der Waals surface area contributed by atoms with Crippen LogP contribution in [-0.4, -0.2) is 77.2 Å². The number of amides is 1. The van der Waals surface area contributed by atoms with Gasteiger partial charge in [0.25, 0.3) is 11.8 Å². The number of ether oxygens (including phenoxy) is 1. The zero-order chi connectivity index (χ0) is 38.3. The quantitative estimate of drug-likeness (QED) is 0.150. The Morgan fingerprint density at radius 1 is 1.02 bits per heavy atom. The predicted octanol–water partition coefficient (Wildman–Crippen LogP) is 6.66. The largest absolute Gasteiger partial charge is 0.495 e. The fraction of sp³-hybridized carbons (Fsp3) is 0.333. The normalized spacial score (nSPS) is 15.2. The molecule has 1 aliphatic carbocycles. The molecular weight excluding hydrogens is 707 g/mol. The fourth-order valence-corrected chi connectivity index (χ4v) is 6.39. The average Bonchev–Trinajstić information content (AvgIpc) is 3.82. The number of aldehydes is 1. The minimum absolute atomic E-state index is 0.0608. The van der Waals surface area contributed by atoms with Gasteiger partial charge >= 0.3 is 6.18 Å². The van der Waals surface area contributed by atoms with E-state index < -0.39 is 28.5 Å². The second-order valence-corrected chi connectivity index (χ2v) is 13.7. The van der Waals surface area contributed by atoms with Gasteiger partial charge in [-0.2, -0.15) is 32.3 Å². The molecule has 2 heterocycles. The first-order valence-corrected chi connectivity index (χ1v) is 17.1.